The number of cyclic esters (lactones) is 1. The predicted molar refractivity (Wildman–Crippen MR) is 176 cm³/mol. The average molecular weight is 775 g/mol. The highest BCUT2D eigenvalue weighted by atomic mass is 16.8. The fourth-order valence-electron chi connectivity index (χ4n) is 13.2. The second-order valence-corrected chi connectivity index (χ2v) is 17.0. The highest BCUT2D eigenvalue weighted by molar-refractivity contribution is 5.75. The largest absolute Gasteiger partial charge is 0.472 e. The number of carbonyl (C=O) groups is 6. The van der Waals surface area contributed by atoms with Crippen LogP contribution in [0.1, 0.15) is 92.7 Å². The Kier molecular flexibility index (Phi) is 7.77. The molecule has 4 saturated carbocycles. The third-order valence-electron chi connectivity index (χ3n) is 14.5. The van der Waals surface area contributed by atoms with Crippen LogP contribution < -0.4 is 0 Å². The Morgan fingerprint density at radius 3 is 2.13 bits per heavy atom. The summed E-state index contributed by atoms with van der Waals surface area (Å²) in [4.78, 5) is 79.7. The summed E-state index contributed by atoms with van der Waals surface area (Å²) >= 11 is 0. The van der Waals surface area contributed by atoms with E-state index >= 15 is 0 Å². The first kappa shape index (κ1) is 37.8. The van der Waals surface area contributed by atoms with Gasteiger partial charge in [0, 0.05) is 64.4 Å². The molecule has 2 spiro atoms. The van der Waals surface area contributed by atoms with Crippen molar-refractivity contribution in [3.8, 4) is 0 Å². The average Bonchev–Trinajstić information content (AvgIpc) is 3.88. The molecule has 3 aliphatic heterocycles. The van der Waals surface area contributed by atoms with Crippen LogP contribution in [0.3, 0.4) is 0 Å². The molecular weight excluding hydrogens is 728 g/mol. The third-order valence-corrected chi connectivity index (χ3v) is 14.5. The molecule has 0 radical (unpaired) electrons. The third kappa shape index (κ3) is 4.02. The van der Waals surface area contributed by atoms with E-state index in [1.165, 1.54) is 19.5 Å². The Balaban J connectivity index is 1.55. The minimum atomic E-state index is -2.71. The first-order chi connectivity index (χ1) is 25.6. The number of esters is 6. The number of carbonyl (C=O) groups excluding carboxylic acids is 6. The van der Waals surface area contributed by atoms with Gasteiger partial charge in [0.1, 0.15) is 35.6 Å². The Bertz CT molecular complexity index is 1900. The smallest absolute Gasteiger partial charge is 0.306 e. The molecule has 8 rings (SSSR count). The first-order valence-corrected chi connectivity index (χ1v) is 18.5. The van der Waals surface area contributed by atoms with Crippen LogP contribution in [0.5, 0.6) is 0 Å². The lowest BCUT2D eigenvalue weighted by Crippen LogP contribution is -2.98. The molecule has 7 fully saturated rings. The van der Waals surface area contributed by atoms with Gasteiger partial charge >= 0.3 is 35.8 Å². The van der Waals surface area contributed by atoms with E-state index in [1.54, 1.807) is 26.8 Å². The maximum Gasteiger partial charge on any atom is 0.306 e. The molecule has 4 heterocycles. The summed E-state index contributed by atoms with van der Waals surface area (Å²) < 4.78 is 56.3. The van der Waals surface area contributed by atoms with Crippen molar-refractivity contribution in [3.63, 3.8) is 0 Å². The van der Waals surface area contributed by atoms with Gasteiger partial charge in [-0.05, 0) is 24.8 Å². The van der Waals surface area contributed by atoms with Crippen LogP contribution in [0, 0.1) is 28.1 Å². The van der Waals surface area contributed by atoms with Crippen LogP contribution in [-0.4, -0.2) is 105 Å². The number of fused-ring (bicyclic) bond motifs is 4. The zero-order valence-corrected chi connectivity index (χ0v) is 31.8. The maximum absolute atomic E-state index is 14.5. The molecule has 17 nitrogen and oxygen atoms in total. The van der Waals surface area contributed by atoms with Gasteiger partial charge in [-0.2, -0.15) is 0 Å². The lowest BCUT2D eigenvalue weighted by molar-refractivity contribution is -0.449. The van der Waals surface area contributed by atoms with Crippen molar-refractivity contribution in [2.75, 3.05) is 6.61 Å². The van der Waals surface area contributed by atoms with Crippen molar-refractivity contribution in [1.29, 1.82) is 0 Å². The van der Waals surface area contributed by atoms with Crippen LogP contribution in [0.25, 0.3) is 0 Å². The molecular formula is C38H46O17. The van der Waals surface area contributed by atoms with Crippen LogP contribution in [0.2, 0.25) is 0 Å². The van der Waals surface area contributed by atoms with E-state index in [0.717, 1.165) is 27.7 Å². The summed E-state index contributed by atoms with van der Waals surface area (Å²) in [6.45, 7) is 10.00. The molecule has 4 aliphatic carbocycles. The van der Waals surface area contributed by atoms with Crippen molar-refractivity contribution < 1.29 is 81.3 Å². The van der Waals surface area contributed by atoms with Crippen LogP contribution in [-0.2, 0) is 66.7 Å². The fraction of sp³-hybridized carbons (Fsp3) is 0.737. The highest BCUT2D eigenvalue weighted by Gasteiger charge is 3.05. The van der Waals surface area contributed by atoms with E-state index in [4.69, 9.17) is 42.3 Å². The second-order valence-electron chi connectivity index (χ2n) is 17.0. The molecule has 0 aromatic carbocycles. The molecule has 0 amide bonds. The number of rotatable bonds is 8. The van der Waals surface area contributed by atoms with Crippen molar-refractivity contribution in [3.05, 3.63) is 24.2 Å². The Labute approximate surface area is 315 Å². The molecule has 15 atom stereocenters. The van der Waals surface area contributed by atoms with E-state index < -0.39 is 136 Å². The number of aliphatic hydroxyl groups is 2. The van der Waals surface area contributed by atoms with E-state index in [-0.39, 0.29) is 19.3 Å². The molecule has 1 aromatic heterocycles. The monoisotopic (exact) mass is 774 g/mol. The van der Waals surface area contributed by atoms with Gasteiger partial charge < -0.3 is 52.5 Å². The summed E-state index contributed by atoms with van der Waals surface area (Å²) in [6.07, 6.45) is -6.20. The number of hydrogen-bond donors (Lipinski definition) is 2. The standard InChI is InChI=1S/C38H46O17/c1-9-33-13-24-32(8,26(49-17(2)39)22-10-11-47-14-22)27(50-18(3)40)28(51-19(4)41)38(46)34-16-48-25(44)12-23(34)31(7)15-35(34,45)37(53-21(6)43,29(31)52-20(5)42)30(54-33)36(24,38)55-33/h10-11,14,23-24,26-30,45-46H,9,12-13,15-16H2,1-8H3/t23-,24+,26+,27-,28+,29-,30-,31-,32+,33-,34+,35+,36?,37-,38-/m0/s1. The molecule has 1 unspecified atom stereocenters. The Morgan fingerprint density at radius 2 is 1.56 bits per heavy atom. The van der Waals surface area contributed by atoms with Crippen LogP contribution in [0.15, 0.2) is 23.0 Å². The summed E-state index contributed by atoms with van der Waals surface area (Å²) in [5, 5.41) is 28.2. The van der Waals surface area contributed by atoms with Gasteiger partial charge in [-0.15, -0.1) is 0 Å². The van der Waals surface area contributed by atoms with E-state index in [0.29, 0.717) is 5.56 Å². The molecule has 3 saturated heterocycles. The minimum absolute atomic E-state index is 0.0659. The lowest BCUT2D eigenvalue weighted by atomic mass is 9.32. The highest BCUT2D eigenvalue weighted by Crippen LogP contribution is 2.88. The van der Waals surface area contributed by atoms with Crippen LogP contribution >= 0.6 is 0 Å². The van der Waals surface area contributed by atoms with Gasteiger partial charge in [-0.25, -0.2) is 0 Å². The number of ether oxygens (including phenoxy) is 8. The molecule has 2 N–H and O–H groups in total. The van der Waals surface area contributed by atoms with E-state index in [9.17, 15) is 39.0 Å². The molecule has 4 bridgehead atoms. The molecule has 7 aliphatic rings. The lowest BCUT2D eigenvalue weighted by Gasteiger charge is -2.77. The van der Waals surface area contributed by atoms with E-state index in [1.807, 2.05) is 0 Å². The fourth-order valence-corrected chi connectivity index (χ4v) is 13.2. The summed E-state index contributed by atoms with van der Waals surface area (Å²) in [5.74, 6) is -8.84. The van der Waals surface area contributed by atoms with Gasteiger partial charge in [-0.3, -0.25) is 28.8 Å². The van der Waals surface area contributed by atoms with Crippen molar-refractivity contribution in [2.45, 2.75) is 140 Å². The number of hydrogen-bond acceptors (Lipinski definition) is 17. The van der Waals surface area contributed by atoms with Gasteiger partial charge in [-0.1, -0.05) is 20.8 Å². The van der Waals surface area contributed by atoms with Gasteiger partial charge in [0.15, 0.2) is 24.1 Å². The van der Waals surface area contributed by atoms with Gasteiger partial charge in [0.05, 0.1) is 23.4 Å². The Morgan fingerprint density at radius 1 is 0.909 bits per heavy atom. The summed E-state index contributed by atoms with van der Waals surface area (Å²) in [6, 6.07) is 1.54. The van der Waals surface area contributed by atoms with Crippen LogP contribution in [0.4, 0.5) is 0 Å². The minimum Gasteiger partial charge on any atom is -0.472 e. The predicted octanol–water partition coefficient (Wildman–Crippen LogP) is 1.73. The maximum atomic E-state index is 14.5. The summed E-state index contributed by atoms with van der Waals surface area (Å²) in [5.41, 5.74) is -14.8. The molecule has 17 heteroatoms. The Hall–Kier alpha value is -4.06. The van der Waals surface area contributed by atoms with Crippen molar-refractivity contribution >= 4 is 35.8 Å². The molecule has 1 aromatic rings. The van der Waals surface area contributed by atoms with Crippen molar-refractivity contribution in [2.24, 2.45) is 28.1 Å². The zero-order valence-electron chi connectivity index (χ0n) is 31.8. The number of furan rings is 1. The zero-order chi connectivity index (χ0) is 40.1. The topological polar surface area (TPSA) is 230 Å². The van der Waals surface area contributed by atoms with E-state index in [2.05, 4.69) is 0 Å². The quantitative estimate of drug-likeness (QED) is 0.283. The second kappa shape index (κ2) is 11.3. The molecule has 300 valence electrons. The van der Waals surface area contributed by atoms with Crippen molar-refractivity contribution in [1.82, 2.24) is 0 Å². The SMILES string of the molecule is CC[C@@]12C[C@H]3C4(O1)[C@H](O2)[C@@]1(OC(C)=O)[C@@H](OC(C)=O)[C@@]2(C)C[C@@]1(O)[C@]1(COC(=O)C[C@@H]21)[C@@]4(O)[C@H](OC(C)=O)[C@H](OC(C)=O)[C@@]3(C)[C@H](OC(C)=O)c1ccoc1. The first-order valence-electron chi connectivity index (χ1n) is 18.5. The molecule has 55 heavy (non-hydrogen) atoms. The normalized spacial score (nSPS) is 48.5. The summed E-state index contributed by atoms with van der Waals surface area (Å²) in [7, 11) is 0. The van der Waals surface area contributed by atoms with Gasteiger partial charge in [0.2, 0.25) is 5.60 Å². The van der Waals surface area contributed by atoms with Gasteiger partial charge in [0.25, 0.3) is 0 Å².